The molecule has 0 unspecified atom stereocenters. The van der Waals surface area contributed by atoms with Gasteiger partial charge in [0.1, 0.15) is 0 Å². The van der Waals surface area contributed by atoms with Crippen LogP contribution in [-0.2, 0) is 21.2 Å². The van der Waals surface area contributed by atoms with Gasteiger partial charge in [-0.2, -0.15) is 5.10 Å². The molecule has 3 rings (SSSR count). The summed E-state index contributed by atoms with van der Waals surface area (Å²) in [7, 11) is -3.72. The first-order valence-corrected chi connectivity index (χ1v) is 9.16. The van der Waals surface area contributed by atoms with Gasteiger partial charge in [0.05, 0.1) is 22.0 Å². The minimum atomic E-state index is -3.72. The predicted octanol–water partition coefficient (Wildman–Crippen LogP) is 2.12. The van der Waals surface area contributed by atoms with E-state index < -0.39 is 10.0 Å². The molecule has 0 saturated carbocycles. The van der Waals surface area contributed by atoms with E-state index >= 15 is 0 Å². The summed E-state index contributed by atoms with van der Waals surface area (Å²) in [6.07, 6.45) is 0.641. The monoisotopic (exact) mass is 348 g/mol. The second-order valence-corrected chi connectivity index (χ2v) is 7.83. The number of hydrogen-bond donors (Lipinski definition) is 2. The van der Waals surface area contributed by atoms with E-state index in [1.807, 2.05) is 6.92 Å². The van der Waals surface area contributed by atoms with Crippen molar-refractivity contribution in [1.82, 2.24) is 10.2 Å². The Morgan fingerprint density at radius 3 is 2.67 bits per heavy atom. The Bertz CT molecular complexity index is 898. The molecule has 0 spiro atoms. The molecule has 2 aromatic rings. The topological polar surface area (TPSA) is 95.2 Å². The van der Waals surface area contributed by atoms with Gasteiger partial charge in [-0.1, -0.05) is 0 Å². The number of fused-ring (bicyclic) bond motifs is 1. The number of amides is 1. The van der Waals surface area contributed by atoms with E-state index in [1.54, 1.807) is 30.9 Å². The van der Waals surface area contributed by atoms with E-state index in [4.69, 9.17) is 0 Å². The summed E-state index contributed by atoms with van der Waals surface area (Å²) in [5.41, 5.74) is 3.36. The van der Waals surface area contributed by atoms with Crippen LogP contribution in [0.1, 0.15) is 30.8 Å². The van der Waals surface area contributed by atoms with E-state index in [0.29, 0.717) is 23.5 Å². The molecule has 0 aliphatic carbocycles. The molecular formula is C16H20N4O3S. The largest absolute Gasteiger partial charge is 0.309 e. The summed E-state index contributed by atoms with van der Waals surface area (Å²) in [6, 6.07) is 4.90. The number of carbonyl (C=O) groups excluding carboxylic acids is 1. The van der Waals surface area contributed by atoms with E-state index in [-0.39, 0.29) is 16.8 Å². The molecule has 1 atom stereocenters. The summed E-state index contributed by atoms with van der Waals surface area (Å²) in [5.74, 6) is -0.0420. The number of aromatic nitrogens is 2. The summed E-state index contributed by atoms with van der Waals surface area (Å²) in [6.45, 7) is 6.96. The van der Waals surface area contributed by atoms with Crippen LogP contribution in [0.3, 0.4) is 0 Å². The lowest BCUT2D eigenvalue weighted by Gasteiger charge is -2.20. The zero-order valence-electron chi connectivity index (χ0n) is 14.0. The van der Waals surface area contributed by atoms with Gasteiger partial charge in [0.15, 0.2) is 0 Å². The molecule has 1 aromatic heterocycles. The smallest absolute Gasteiger partial charge is 0.262 e. The molecule has 0 radical (unpaired) electrons. The molecule has 128 valence electrons. The number of carbonyl (C=O) groups is 1. The quantitative estimate of drug-likeness (QED) is 0.888. The Morgan fingerprint density at radius 2 is 2.08 bits per heavy atom. The Labute approximate surface area is 141 Å². The van der Waals surface area contributed by atoms with Crippen molar-refractivity contribution in [3.05, 3.63) is 35.2 Å². The van der Waals surface area contributed by atoms with Crippen molar-refractivity contribution in [3.8, 4) is 0 Å². The lowest BCUT2D eigenvalue weighted by molar-refractivity contribution is -0.116. The Morgan fingerprint density at radius 1 is 1.38 bits per heavy atom. The molecule has 24 heavy (non-hydrogen) atoms. The molecule has 2 N–H and O–H groups in total. The molecule has 0 bridgehead atoms. The first-order chi connectivity index (χ1) is 11.2. The number of H-pyrrole nitrogens is 1. The highest BCUT2D eigenvalue weighted by Crippen LogP contribution is 2.34. The highest BCUT2D eigenvalue weighted by Gasteiger charge is 2.30. The molecule has 1 aromatic carbocycles. The highest BCUT2D eigenvalue weighted by atomic mass is 32.2. The summed E-state index contributed by atoms with van der Waals surface area (Å²) < 4.78 is 27.9. The van der Waals surface area contributed by atoms with Gasteiger partial charge >= 0.3 is 0 Å². The van der Waals surface area contributed by atoms with Crippen LogP contribution in [0, 0.1) is 13.8 Å². The van der Waals surface area contributed by atoms with Crippen LogP contribution in [0.25, 0.3) is 0 Å². The van der Waals surface area contributed by atoms with Gasteiger partial charge in [0.25, 0.3) is 10.0 Å². The Kier molecular flexibility index (Phi) is 3.87. The number of anilines is 2. The summed E-state index contributed by atoms with van der Waals surface area (Å²) in [4.78, 5) is 13.6. The molecule has 0 fully saturated rings. The number of rotatable bonds is 3. The second-order valence-electron chi connectivity index (χ2n) is 6.15. The fourth-order valence-electron chi connectivity index (χ4n) is 3.15. The van der Waals surface area contributed by atoms with Crippen molar-refractivity contribution < 1.29 is 13.2 Å². The van der Waals surface area contributed by atoms with Crippen molar-refractivity contribution in [1.29, 1.82) is 0 Å². The molecule has 1 aliphatic rings. The maximum absolute atomic E-state index is 12.7. The lowest BCUT2D eigenvalue weighted by atomic mass is 10.1. The first kappa shape index (κ1) is 16.5. The van der Waals surface area contributed by atoms with Gasteiger partial charge in [-0.3, -0.25) is 14.6 Å². The number of hydrogen-bond acceptors (Lipinski definition) is 4. The van der Waals surface area contributed by atoms with Gasteiger partial charge in [0, 0.05) is 18.7 Å². The van der Waals surface area contributed by atoms with Gasteiger partial charge in [-0.25, -0.2) is 8.42 Å². The van der Waals surface area contributed by atoms with E-state index in [2.05, 4.69) is 14.9 Å². The van der Waals surface area contributed by atoms with Crippen LogP contribution >= 0.6 is 0 Å². The zero-order valence-corrected chi connectivity index (χ0v) is 14.9. The van der Waals surface area contributed by atoms with Gasteiger partial charge in [-0.05, 0) is 51.0 Å². The normalized spacial score (nSPS) is 17.0. The Balaban J connectivity index is 1.97. The number of benzene rings is 1. The maximum atomic E-state index is 12.7. The first-order valence-electron chi connectivity index (χ1n) is 7.68. The van der Waals surface area contributed by atoms with Crippen LogP contribution in [-0.4, -0.2) is 30.6 Å². The summed E-state index contributed by atoms with van der Waals surface area (Å²) >= 11 is 0. The number of nitrogens with zero attached hydrogens (tertiary/aromatic N) is 2. The van der Waals surface area contributed by atoms with E-state index in [1.165, 1.54) is 13.0 Å². The fraction of sp³-hybridized carbons (Fsp3) is 0.375. The number of nitrogens with one attached hydrogen (secondary N) is 2. The van der Waals surface area contributed by atoms with Crippen LogP contribution in [0.15, 0.2) is 23.1 Å². The lowest BCUT2D eigenvalue weighted by Crippen LogP contribution is -2.33. The molecule has 0 saturated heterocycles. The summed E-state index contributed by atoms with van der Waals surface area (Å²) in [5, 5.41) is 6.75. The fourth-order valence-corrected chi connectivity index (χ4v) is 4.38. The third kappa shape index (κ3) is 2.66. The van der Waals surface area contributed by atoms with Crippen LogP contribution in [0.4, 0.5) is 11.4 Å². The number of aryl methyl sites for hydroxylation is 2. The number of aromatic amines is 1. The van der Waals surface area contributed by atoms with Crippen LogP contribution in [0.2, 0.25) is 0 Å². The van der Waals surface area contributed by atoms with Crippen LogP contribution in [0.5, 0.6) is 0 Å². The van der Waals surface area contributed by atoms with Crippen molar-refractivity contribution in [2.45, 2.75) is 45.1 Å². The van der Waals surface area contributed by atoms with Crippen molar-refractivity contribution >= 4 is 27.3 Å². The van der Waals surface area contributed by atoms with Crippen molar-refractivity contribution in [2.75, 3.05) is 9.62 Å². The predicted molar refractivity (Wildman–Crippen MR) is 91.6 cm³/mol. The molecular weight excluding hydrogens is 328 g/mol. The minimum Gasteiger partial charge on any atom is -0.309 e. The Hall–Kier alpha value is -2.35. The third-order valence-electron chi connectivity index (χ3n) is 4.28. The molecule has 1 amide bonds. The molecule has 2 heterocycles. The third-order valence-corrected chi connectivity index (χ3v) is 5.63. The highest BCUT2D eigenvalue weighted by molar-refractivity contribution is 7.92. The van der Waals surface area contributed by atoms with Gasteiger partial charge in [0.2, 0.25) is 5.91 Å². The van der Waals surface area contributed by atoms with E-state index in [0.717, 1.165) is 11.3 Å². The zero-order chi connectivity index (χ0) is 17.6. The standard InChI is InChI=1S/C16H20N4O3S/c1-9-7-13-8-14(5-6-15(13)20(9)12(4)21)24(22,23)19-16-10(2)17-18-11(16)3/h5-6,8-9,19H,7H2,1-4H3,(H,17,18)/t9-/m1/s1. The molecule has 7 nitrogen and oxygen atoms in total. The van der Waals surface area contributed by atoms with Gasteiger partial charge < -0.3 is 4.90 Å². The van der Waals surface area contributed by atoms with Gasteiger partial charge in [-0.15, -0.1) is 0 Å². The minimum absolute atomic E-state index is 0.0294. The van der Waals surface area contributed by atoms with Crippen molar-refractivity contribution in [2.24, 2.45) is 0 Å². The molecule has 1 aliphatic heterocycles. The van der Waals surface area contributed by atoms with E-state index in [9.17, 15) is 13.2 Å². The molecule has 8 heteroatoms. The number of sulfonamides is 1. The maximum Gasteiger partial charge on any atom is 0.262 e. The second kappa shape index (κ2) is 5.62. The average Bonchev–Trinajstić information content (AvgIpc) is 2.99. The van der Waals surface area contributed by atoms with Crippen molar-refractivity contribution in [3.63, 3.8) is 0 Å². The van der Waals surface area contributed by atoms with Crippen LogP contribution < -0.4 is 9.62 Å². The average molecular weight is 348 g/mol. The SMILES string of the molecule is CC(=O)N1c2ccc(S(=O)(=O)Nc3c(C)n[nH]c3C)cc2C[C@H]1C.